The fourth-order valence-corrected chi connectivity index (χ4v) is 1.22. The van der Waals surface area contributed by atoms with E-state index in [0.29, 0.717) is 18.8 Å². The molecule has 0 amide bonds. The van der Waals surface area contributed by atoms with Crippen molar-refractivity contribution in [3.8, 4) is 0 Å². The maximum Gasteiger partial charge on any atom is 0.138 e. The summed E-state index contributed by atoms with van der Waals surface area (Å²) >= 11 is 0. The molecule has 0 saturated heterocycles. The highest BCUT2D eigenvalue weighted by atomic mass is 16.1. The molecule has 0 aromatic carbocycles. The molecule has 0 N–H and O–H groups in total. The highest BCUT2D eigenvalue weighted by Gasteiger charge is 2.07. The fourth-order valence-electron chi connectivity index (χ4n) is 1.22. The SMILES string of the molecule is CC(C)CCC(=O)Cc1cn(C)nn1. The van der Waals surface area contributed by atoms with Crippen molar-refractivity contribution in [1.29, 1.82) is 0 Å². The van der Waals surface area contributed by atoms with Crippen LogP contribution in [-0.2, 0) is 18.3 Å². The summed E-state index contributed by atoms with van der Waals surface area (Å²) in [4.78, 5) is 11.4. The zero-order valence-corrected chi connectivity index (χ0v) is 9.03. The van der Waals surface area contributed by atoms with Crippen LogP contribution in [0.4, 0.5) is 0 Å². The van der Waals surface area contributed by atoms with E-state index in [1.165, 1.54) is 0 Å². The van der Waals surface area contributed by atoms with Crippen molar-refractivity contribution >= 4 is 5.78 Å². The van der Waals surface area contributed by atoms with Crippen LogP contribution in [0.1, 0.15) is 32.4 Å². The van der Waals surface area contributed by atoms with Gasteiger partial charge in [0.1, 0.15) is 5.78 Å². The molecule has 0 bridgehead atoms. The smallest absolute Gasteiger partial charge is 0.138 e. The predicted molar refractivity (Wildman–Crippen MR) is 53.8 cm³/mol. The summed E-state index contributed by atoms with van der Waals surface area (Å²) in [5.74, 6) is 0.833. The van der Waals surface area contributed by atoms with Gasteiger partial charge in [0.05, 0.1) is 12.1 Å². The van der Waals surface area contributed by atoms with E-state index in [-0.39, 0.29) is 5.78 Å². The van der Waals surface area contributed by atoms with Crippen LogP contribution in [0.5, 0.6) is 0 Å². The van der Waals surface area contributed by atoms with Crippen LogP contribution < -0.4 is 0 Å². The van der Waals surface area contributed by atoms with Crippen LogP contribution in [0.25, 0.3) is 0 Å². The van der Waals surface area contributed by atoms with E-state index in [2.05, 4.69) is 24.2 Å². The highest BCUT2D eigenvalue weighted by molar-refractivity contribution is 5.80. The van der Waals surface area contributed by atoms with Crippen LogP contribution in [0, 0.1) is 5.92 Å². The molecule has 14 heavy (non-hydrogen) atoms. The molecule has 1 rings (SSSR count). The second-order valence-electron chi connectivity index (χ2n) is 4.03. The van der Waals surface area contributed by atoms with Gasteiger partial charge in [-0.3, -0.25) is 9.48 Å². The summed E-state index contributed by atoms with van der Waals surface area (Å²) in [5, 5.41) is 7.65. The monoisotopic (exact) mass is 195 g/mol. The Bertz CT molecular complexity index is 304. The maximum atomic E-state index is 11.4. The molecule has 0 aliphatic heterocycles. The van der Waals surface area contributed by atoms with Crippen LogP contribution in [0.2, 0.25) is 0 Å². The lowest BCUT2D eigenvalue weighted by molar-refractivity contribution is -0.118. The molecule has 0 aliphatic carbocycles. The topological polar surface area (TPSA) is 47.8 Å². The Morgan fingerprint density at radius 2 is 2.29 bits per heavy atom. The molecule has 0 saturated carbocycles. The maximum absolute atomic E-state index is 11.4. The Balaban J connectivity index is 2.34. The number of rotatable bonds is 5. The molecule has 4 nitrogen and oxygen atoms in total. The summed E-state index contributed by atoms with van der Waals surface area (Å²) in [6.45, 7) is 4.24. The minimum absolute atomic E-state index is 0.249. The minimum atomic E-state index is 0.249. The van der Waals surface area contributed by atoms with Gasteiger partial charge in [0.15, 0.2) is 0 Å². The second-order valence-corrected chi connectivity index (χ2v) is 4.03. The third-order valence-electron chi connectivity index (χ3n) is 2.03. The molecule has 0 atom stereocenters. The molecular formula is C10H17N3O. The molecule has 1 heterocycles. The van der Waals surface area contributed by atoms with Gasteiger partial charge in [0, 0.05) is 19.7 Å². The summed E-state index contributed by atoms with van der Waals surface area (Å²) in [6, 6.07) is 0. The zero-order valence-electron chi connectivity index (χ0n) is 9.03. The fraction of sp³-hybridized carbons (Fsp3) is 0.700. The van der Waals surface area contributed by atoms with Gasteiger partial charge in [-0.1, -0.05) is 19.1 Å². The van der Waals surface area contributed by atoms with Crippen molar-refractivity contribution < 1.29 is 4.79 Å². The molecule has 1 aromatic rings. The van der Waals surface area contributed by atoms with E-state index in [9.17, 15) is 4.79 Å². The number of aryl methyl sites for hydroxylation is 1. The van der Waals surface area contributed by atoms with E-state index in [4.69, 9.17) is 0 Å². The number of carbonyl (C=O) groups excluding carboxylic acids is 1. The van der Waals surface area contributed by atoms with Gasteiger partial charge in [0.25, 0.3) is 0 Å². The molecule has 1 aromatic heterocycles. The van der Waals surface area contributed by atoms with Gasteiger partial charge in [-0.2, -0.15) is 0 Å². The number of nitrogens with zero attached hydrogens (tertiary/aromatic N) is 3. The highest BCUT2D eigenvalue weighted by Crippen LogP contribution is 2.06. The number of aromatic nitrogens is 3. The summed E-state index contributed by atoms with van der Waals surface area (Å²) in [7, 11) is 1.80. The molecule has 78 valence electrons. The van der Waals surface area contributed by atoms with E-state index in [0.717, 1.165) is 12.1 Å². The Morgan fingerprint density at radius 1 is 1.57 bits per heavy atom. The third-order valence-corrected chi connectivity index (χ3v) is 2.03. The number of Topliss-reactive ketones (excluding diaryl/α,β-unsaturated/α-hetero) is 1. The van der Waals surface area contributed by atoms with Crippen LogP contribution in [0.3, 0.4) is 0 Å². The molecule has 0 fully saturated rings. The number of hydrogen-bond acceptors (Lipinski definition) is 3. The number of carbonyl (C=O) groups is 1. The Morgan fingerprint density at radius 3 is 2.79 bits per heavy atom. The van der Waals surface area contributed by atoms with Gasteiger partial charge in [0.2, 0.25) is 0 Å². The normalized spacial score (nSPS) is 10.9. The van der Waals surface area contributed by atoms with Gasteiger partial charge in [-0.25, -0.2) is 0 Å². The standard InChI is InChI=1S/C10H17N3O/c1-8(2)4-5-10(14)6-9-7-13(3)12-11-9/h7-8H,4-6H2,1-3H3. The van der Waals surface area contributed by atoms with Gasteiger partial charge in [-0.15, -0.1) is 5.10 Å². The van der Waals surface area contributed by atoms with Gasteiger partial charge < -0.3 is 0 Å². The number of ketones is 1. The molecule has 0 aliphatic rings. The van der Waals surface area contributed by atoms with E-state index < -0.39 is 0 Å². The quantitative estimate of drug-likeness (QED) is 0.712. The summed E-state index contributed by atoms with van der Waals surface area (Å²) < 4.78 is 1.62. The second kappa shape index (κ2) is 4.88. The zero-order chi connectivity index (χ0) is 10.6. The molecule has 0 unspecified atom stereocenters. The van der Waals surface area contributed by atoms with E-state index in [1.54, 1.807) is 17.9 Å². The first-order chi connectivity index (χ1) is 6.58. The van der Waals surface area contributed by atoms with Crippen LogP contribution in [0.15, 0.2) is 6.20 Å². The lowest BCUT2D eigenvalue weighted by atomic mass is 10.0. The third kappa shape index (κ3) is 3.68. The van der Waals surface area contributed by atoms with Crippen molar-refractivity contribution in [2.24, 2.45) is 13.0 Å². The molecular weight excluding hydrogens is 178 g/mol. The van der Waals surface area contributed by atoms with Gasteiger partial charge in [-0.05, 0) is 12.3 Å². The Kier molecular flexibility index (Phi) is 3.80. The minimum Gasteiger partial charge on any atom is -0.299 e. The molecule has 0 radical (unpaired) electrons. The lowest BCUT2D eigenvalue weighted by Crippen LogP contribution is -2.04. The Labute approximate surface area is 84.3 Å². The average molecular weight is 195 g/mol. The predicted octanol–water partition coefficient (Wildman–Crippen LogP) is 1.36. The molecule has 0 spiro atoms. The van der Waals surface area contributed by atoms with E-state index >= 15 is 0 Å². The summed E-state index contributed by atoms with van der Waals surface area (Å²) in [5.41, 5.74) is 0.765. The first-order valence-corrected chi connectivity index (χ1v) is 4.95. The Hall–Kier alpha value is -1.19. The number of hydrogen-bond donors (Lipinski definition) is 0. The average Bonchev–Trinajstić information content (AvgIpc) is 2.48. The van der Waals surface area contributed by atoms with Crippen molar-refractivity contribution in [3.05, 3.63) is 11.9 Å². The van der Waals surface area contributed by atoms with Crippen molar-refractivity contribution in [1.82, 2.24) is 15.0 Å². The van der Waals surface area contributed by atoms with Gasteiger partial charge >= 0.3 is 0 Å². The summed E-state index contributed by atoms with van der Waals surface area (Å²) in [6.07, 6.45) is 3.81. The van der Waals surface area contributed by atoms with Crippen LogP contribution >= 0.6 is 0 Å². The van der Waals surface area contributed by atoms with E-state index in [1.807, 2.05) is 0 Å². The van der Waals surface area contributed by atoms with Crippen LogP contribution in [-0.4, -0.2) is 20.8 Å². The first kappa shape index (κ1) is 10.9. The van der Waals surface area contributed by atoms with Crippen molar-refractivity contribution in [2.75, 3.05) is 0 Å². The van der Waals surface area contributed by atoms with Crippen molar-refractivity contribution in [2.45, 2.75) is 33.1 Å². The first-order valence-electron chi connectivity index (χ1n) is 4.95. The lowest BCUT2D eigenvalue weighted by Gasteiger charge is -2.01. The largest absolute Gasteiger partial charge is 0.299 e. The molecule has 4 heteroatoms. The van der Waals surface area contributed by atoms with Crippen molar-refractivity contribution in [3.63, 3.8) is 0 Å².